The quantitative estimate of drug-likeness (QED) is 0.227. The van der Waals surface area contributed by atoms with Gasteiger partial charge < -0.3 is 9.47 Å². The van der Waals surface area contributed by atoms with Gasteiger partial charge in [-0.3, -0.25) is 4.90 Å². The fraction of sp³-hybridized carbons (Fsp3) is 0.357. The van der Waals surface area contributed by atoms with Gasteiger partial charge in [-0.05, 0) is 74.0 Å². The highest BCUT2D eigenvalue weighted by Gasteiger charge is 2.41. The van der Waals surface area contributed by atoms with Gasteiger partial charge in [0.15, 0.2) is 11.3 Å². The molecule has 0 atom stereocenters. The molecule has 6 nitrogen and oxygen atoms in total. The van der Waals surface area contributed by atoms with E-state index in [0.717, 1.165) is 32.5 Å². The first-order chi connectivity index (χ1) is 19.0. The number of ether oxygens (including phenoxy) is 2. The van der Waals surface area contributed by atoms with Crippen LogP contribution in [0.2, 0.25) is 0 Å². The Labute approximate surface area is 226 Å². The van der Waals surface area contributed by atoms with Crippen molar-refractivity contribution in [2.24, 2.45) is 0 Å². The number of rotatable bonds is 7. The molecule has 5 rings (SSSR count). The van der Waals surface area contributed by atoms with Gasteiger partial charge in [-0.15, -0.1) is 0 Å². The van der Waals surface area contributed by atoms with Crippen LogP contribution in [0.4, 0.5) is 26.3 Å². The number of aromatic nitrogens is 3. The minimum absolute atomic E-state index is 0.0269. The molecule has 0 bridgehead atoms. The molecule has 1 saturated heterocycles. The molecular formula is C28H26F6N4O2. The summed E-state index contributed by atoms with van der Waals surface area (Å²) in [5.74, 6) is 1.02. The predicted molar refractivity (Wildman–Crippen MR) is 136 cm³/mol. The smallest absolute Gasteiger partial charge is 0.433 e. The lowest BCUT2D eigenvalue weighted by Gasteiger charge is -2.26. The number of benzene rings is 2. The van der Waals surface area contributed by atoms with E-state index in [9.17, 15) is 26.3 Å². The molecule has 0 radical (unpaired) electrons. The molecule has 40 heavy (non-hydrogen) atoms. The van der Waals surface area contributed by atoms with Crippen molar-refractivity contribution in [3.63, 3.8) is 0 Å². The van der Waals surface area contributed by atoms with E-state index in [-0.39, 0.29) is 17.3 Å². The van der Waals surface area contributed by atoms with E-state index in [0.29, 0.717) is 33.7 Å². The van der Waals surface area contributed by atoms with Crippen LogP contribution >= 0.6 is 0 Å². The molecule has 4 aromatic rings. The van der Waals surface area contributed by atoms with Gasteiger partial charge in [-0.25, -0.2) is 9.50 Å². The summed E-state index contributed by atoms with van der Waals surface area (Å²) in [6.45, 7) is 3.27. The lowest BCUT2D eigenvalue weighted by molar-refractivity contribution is -0.148. The molecule has 1 aliphatic heterocycles. The topological polar surface area (TPSA) is 51.9 Å². The van der Waals surface area contributed by atoms with E-state index in [2.05, 4.69) is 15.0 Å². The number of methoxy groups -OCH3 is 1. The maximum Gasteiger partial charge on any atom is 0.433 e. The Morgan fingerprint density at radius 1 is 0.800 bits per heavy atom. The zero-order valence-electron chi connectivity index (χ0n) is 21.5. The number of alkyl halides is 6. The predicted octanol–water partition coefficient (Wildman–Crippen LogP) is 6.97. The fourth-order valence-electron chi connectivity index (χ4n) is 4.77. The third-order valence-electron chi connectivity index (χ3n) is 6.80. The van der Waals surface area contributed by atoms with Crippen molar-refractivity contribution < 1.29 is 35.8 Å². The molecule has 0 unspecified atom stereocenters. The van der Waals surface area contributed by atoms with Gasteiger partial charge in [0.2, 0.25) is 0 Å². The van der Waals surface area contributed by atoms with E-state index >= 15 is 0 Å². The molecule has 0 saturated carbocycles. The van der Waals surface area contributed by atoms with Crippen molar-refractivity contribution in [3.05, 3.63) is 66.0 Å². The Morgan fingerprint density at radius 2 is 1.43 bits per heavy atom. The highest BCUT2D eigenvalue weighted by Crippen LogP contribution is 2.41. The molecule has 3 heterocycles. The average molecular weight is 565 g/mol. The van der Waals surface area contributed by atoms with Crippen LogP contribution in [0, 0.1) is 0 Å². The van der Waals surface area contributed by atoms with E-state index in [1.807, 2.05) is 0 Å². The van der Waals surface area contributed by atoms with Crippen LogP contribution in [0.15, 0.2) is 54.6 Å². The minimum atomic E-state index is -5.12. The van der Waals surface area contributed by atoms with Crippen LogP contribution in [0.1, 0.15) is 30.7 Å². The van der Waals surface area contributed by atoms with Crippen LogP contribution in [-0.2, 0) is 12.4 Å². The van der Waals surface area contributed by atoms with Crippen molar-refractivity contribution in [1.82, 2.24) is 19.5 Å². The summed E-state index contributed by atoms with van der Waals surface area (Å²) in [6, 6.07) is 12.7. The molecule has 212 valence electrons. The third-order valence-corrected chi connectivity index (χ3v) is 6.80. The largest absolute Gasteiger partial charge is 0.497 e. The van der Waals surface area contributed by atoms with Crippen molar-refractivity contribution in [2.45, 2.75) is 31.6 Å². The highest BCUT2D eigenvalue weighted by atomic mass is 19.4. The molecule has 0 aliphatic carbocycles. The number of likely N-dealkylation sites (tertiary alicyclic amines) is 1. The third kappa shape index (κ3) is 5.86. The van der Waals surface area contributed by atoms with Crippen molar-refractivity contribution >= 4 is 5.65 Å². The lowest BCUT2D eigenvalue weighted by atomic mass is 10.0. The van der Waals surface area contributed by atoms with Crippen molar-refractivity contribution in [3.8, 4) is 33.9 Å². The van der Waals surface area contributed by atoms with Gasteiger partial charge in [-0.1, -0.05) is 18.6 Å². The molecule has 1 fully saturated rings. The minimum Gasteiger partial charge on any atom is -0.497 e. The first-order valence-corrected chi connectivity index (χ1v) is 12.7. The number of fused-ring (bicyclic) bond motifs is 1. The summed E-state index contributed by atoms with van der Waals surface area (Å²) >= 11 is 0. The first kappa shape index (κ1) is 27.8. The molecule has 0 amide bonds. The monoisotopic (exact) mass is 564 g/mol. The molecule has 0 N–H and O–H groups in total. The Hall–Kier alpha value is -3.80. The number of hydrogen-bond acceptors (Lipinski definition) is 5. The summed E-state index contributed by atoms with van der Waals surface area (Å²) < 4.78 is 94.2. The highest BCUT2D eigenvalue weighted by molar-refractivity contribution is 5.91. The van der Waals surface area contributed by atoms with Gasteiger partial charge >= 0.3 is 12.4 Å². The number of nitrogens with zero attached hydrogens (tertiary/aromatic N) is 4. The maximum atomic E-state index is 13.9. The van der Waals surface area contributed by atoms with Crippen LogP contribution in [0.5, 0.6) is 11.5 Å². The molecule has 2 aromatic carbocycles. The normalized spacial score (nSPS) is 15.0. The standard InChI is InChI=1S/C28H26F6N4O2/c1-39-20-9-7-19(8-10-20)25-24(18-5-11-21(12-6-18)40-16-15-37-13-3-2-4-14-37)26-35-22(27(29,30)31)17-23(28(32,33)34)38(26)36-25/h5-12,17H,2-4,13-16H2,1H3. The van der Waals surface area contributed by atoms with Gasteiger partial charge in [-0.2, -0.15) is 31.4 Å². The van der Waals surface area contributed by atoms with Crippen LogP contribution in [0.3, 0.4) is 0 Å². The van der Waals surface area contributed by atoms with Gasteiger partial charge in [0, 0.05) is 12.1 Å². The van der Waals surface area contributed by atoms with E-state index in [4.69, 9.17) is 9.47 Å². The lowest BCUT2D eigenvalue weighted by Crippen LogP contribution is -2.33. The summed E-state index contributed by atoms with van der Waals surface area (Å²) in [7, 11) is 1.46. The van der Waals surface area contributed by atoms with Gasteiger partial charge in [0.1, 0.15) is 29.5 Å². The van der Waals surface area contributed by atoms with Gasteiger partial charge in [0.05, 0.1) is 12.7 Å². The van der Waals surface area contributed by atoms with E-state index in [1.54, 1.807) is 48.5 Å². The van der Waals surface area contributed by atoms with E-state index in [1.165, 1.54) is 13.5 Å². The van der Waals surface area contributed by atoms with Crippen LogP contribution in [-0.4, -0.2) is 52.8 Å². The second kappa shape index (κ2) is 11.0. The second-order valence-electron chi connectivity index (χ2n) is 9.48. The number of piperidine rings is 1. The Morgan fingerprint density at radius 3 is 2.02 bits per heavy atom. The van der Waals surface area contributed by atoms with Crippen molar-refractivity contribution in [2.75, 3.05) is 33.4 Å². The average Bonchev–Trinajstić information content (AvgIpc) is 3.32. The van der Waals surface area contributed by atoms with Gasteiger partial charge in [0.25, 0.3) is 0 Å². The molecule has 1 aliphatic rings. The second-order valence-corrected chi connectivity index (χ2v) is 9.48. The first-order valence-electron chi connectivity index (χ1n) is 12.7. The zero-order valence-corrected chi connectivity index (χ0v) is 21.5. The van der Waals surface area contributed by atoms with Crippen LogP contribution in [0.25, 0.3) is 28.0 Å². The maximum absolute atomic E-state index is 13.9. The Bertz CT molecular complexity index is 1460. The molecule has 0 spiro atoms. The fourth-order valence-corrected chi connectivity index (χ4v) is 4.77. The Kier molecular flexibility index (Phi) is 7.63. The van der Waals surface area contributed by atoms with Crippen LogP contribution < -0.4 is 9.47 Å². The number of hydrogen-bond donors (Lipinski definition) is 0. The van der Waals surface area contributed by atoms with Crippen molar-refractivity contribution in [1.29, 1.82) is 0 Å². The summed E-state index contributed by atoms with van der Waals surface area (Å²) in [5, 5.41) is 4.12. The summed E-state index contributed by atoms with van der Waals surface area (Å²) in [6.07, 6.45) is -6.68. The SMILES string of the molecule is COc1ccc(-c2nn3c(C(F)(F)F)cc(C(F)(F)F)nc3c2-c2ccc(OCCN3CCCCC3)cc2)cc1. The molecule has 2 aromatic heterocycles. The number of halogens is 6. The summed E-state index contributed by atoms with van der Waals surface area (Å²) in [4.78, 5) is 5.93. The molecule has 12 heteroatoms. The zero-order chi connectivity index (χ0) is 28.5. The molecular weight excluding hydrogens is 538 g/mol. The summed E-state index contributed by atoms with van der Waals surface area (Å²) in [5.41, 5.74) is -3.02. The van der Waals surface area contributed by atoms with E-state index < -0.39 is 29.4 Å². The Balaban J connectivity index is 1.58.